The Kier molecular flexibility index (Phi) is 4.15. The van der Waals surface area contributed by atoms with Crippen LogP contribution in [-0.4, -0.2) is 40.2 Å². The van der Waals surface area contributed by atoms with Crippen molar-refractivity contribution in [2.75, 3.05) is 13.2 Å². The largest absolute Gasteiger partial charge is 0.376 e. The number of hydrogen-bond acceptors (Lipinski definition) is 5. The highest BCUT2D eigenvalue weighted by molar-refractivity contribution is 5.81. The summed E-state index contributed by atoms with van der Waals surface area (Å²) in [6.45, 7) is 2.83. The van der Waals surface area contributed by atoms with E-state index in [0.29, 0.717) is 17.4 Å². The predicted octanol–water partition coefficient (Wildman–Crippen LogP) is 0.648. The highest BCUT2D eigenvalue weighted by Gasteiger charge is 2.21. The summed E-state index contributed by atoms with van der Waals surface area (Å²) in [7, 11) is 0. The van der Waals surface area contributed by atoms with Gasteiger partial charge < -0.3 is 10.1 Å². The Morgan fingerprint density at radius 1 is 1.50 bits per heavy atom. The number of carbonyl (C=O) groups is 1. The van der Waals surface area contributed by atoms with E-state index in [1.807, 2.05) is 0 Å². The summed E-state index contributed by atoms with van der Waals surface area (Å²) >= 11 is 0. The third-order valence-corrected chi connectivity index (χ3v) is 3.87. The van der Waals surface area contributed by atoms with Crippen molar-refractivity contribution in [2.45, 2.75) is 31.9 Å². The van der Waals surface area contributed by atoms with Gasteiger partial charge in [0.15, 0.2) is 0 Å². The monoisotopic (exact) mass is 302 g/mol. The normalized spacial score (nSPS) is 19.2. The molecule has 2 atom stereocenters. The minimum atomic E-state index is -0.717. The molecule has 0 bridgehead atoms. The standard InChI is InChI=1S/C15H18N4O3/c1-10(14(20)16-9-11-5-4-8-22-11)19-15(21)12-6-2-3-7-13(12)17-18-19/h2-3,6-7,10-11H,4-5,8-9H2,1H3,(H,16,20). The Morgan fingerprint density at radius 3 is 3.09 bits per heavy atom. The molecule has 2 heterocycles. The van der Waals surface area contributed by atoms with Crippen LogP contribution in [0.1, 0.15) is 25.8 Å². The van der Waals surface area contributed by atoms with Gasteiger partial charge in [-0.3, -0.25) is 9.59 Å². The van der Waals surface area contributed by atoms with Crippen molar-refractivity contribution in [3.05, 3.63) is 34.6 Å². The van der Waals surface area contributed by atoms with Crippen LogP contribution >= 0.6 is 0 Å². The molecule has 1 aliphatic rings. The Balaban J connectivity index is 1.76. The van der Waals surface area contributed by atoms with Crippen molar-refractivity contribution in [2.24, 2.45) is 0 Å². The quantitative estimate of drug-likeness (QED) is 0.896. The van der Waals surface area contributed by atoms with Crippen molar-refractivity contribution >= 4 is 16.8 Å². The molecule has 0 spiro atoms. The molecule has 1 fully saturated rings. The number of rotatable bonds is 4. The lowest BCUT2D eigenvalue weighted by Crippen LogP contribution is -2.40. The van der Waals surface area contributed by atoms with E-state index in [2.05, 4.69) is 15.6 Å². The second kappa shape index (κ2) is 6.23. The third kappa shape index (κ3) is 2.85. The van der Waals surface area contributed by atoms with Crippen LogP contribution < -0.4 is 10.9 Å². The molecule has 1 saturated heterocycles. The zero-order chi connectivity index (χ0) is 15.5. The molecule has 2 unspecified atom stereocenters. The van der Waals surface area contributed by atoms with Crippen LogP contribution in [0.2, 0.25) is 0 Å². The Morgan fingerprint density at radius 2 is 2.32 bits per heavy atom. The zero-order valence-corrected chi connectivity index (χ0v) is 12.4. The smallest absolute Gasteiger partial charge is 0.278 e. The van der Waals surface area contributed by atoms with Gasteiger partial charge in [-0.25, -0.2) is 0 Å². The first kappa shape index (κ1) is 14.6. The number of amides is 1. The molecule has 1 amide bonds. The number of hydrogen-bond donors (Lipinski definition) is 1. The number of nitrogens with one attached hydrogen (secondary N) is 1. The van der Waals surface area contributed by atoms with Gasteiger partial charge in [-0.2, -0.15) is 4.68 Å². The molecular formula is C15H18N4O3. The molecule has 3 rings (SSSR count). The molecule has 116 valence electrons. The minimum Gasteiger partial charge on any atom is -0.376 e. The minimum absolute atomic E-state index is 0.0653. The molecular weight excluding hydrogens is 284 g/mol. The lowest BCUT2D eigenvalue weighted by atomic mass is 10.2. The van der Waals surface area contributed by atoms with Crippen LogP contribution in [0.5, 0.6) is 0 Å². The van der Waals surface area contributed by atoms with Crippen LogP contribution in [-0.2, 0) is 9.53 Å². The van der Waals surface area contributed by atoms with Gasteiger partial charge >= 0.3 is 0 Å². The first-order valence-corrected chi connectivity index (χ1v) is 7.40. The average Bonchev–Trinajstić information content (AvgIpc) is 3.06. The Labute approximate surface area is 127 Å². The van der Waals surface area contributed by atoms with Gasteiger partial charge in [-0.1, -0.05) is 17.3 Å². The summed E-state index contributed by atoms with van der Waals surface area (Å²) < 4.78 is 6.58. The highest BCUT2D eigenvalue weighted by atomic mass is 16.5. The zero-order valence-electron chi connectivity index (χ0n) is 12.4. The van der Waals surface area contributed by atoms with E-state index in [4.69, 9.17) is 4.74 Å². The van der Waals surface area contributed by atoms with E-state index in [9.17, 15) is 9.59 Å². The van der Waals surface area contributed by atoms with Crippen molar-refractivity contribution in [1.82, 2.24) is 20.3 Å². The number of fused-ring (bicyclic) bond motifs is 1. The van der Waals surface area contributed by atoms with E-state index < -0.39 is 6.04 Å². The van der Waals surface area contributed by atoms with E-state index >= 15 is 0 Å². The highest BCUT2D eigenvalue weighted by Crippen LogP contribution is 2.11. The van der Waals surface area contributed by atoms with Crippen molar-refractivity contribution < 1.29 is 9.53 Å². The fraction of sp³-hybridized carbons (Fsp3) is 0.467. The molecule has 7 nitrogen and oxygen atoms in total. The summed E-state index contributed by atoms with van der Waals surface area (Å²) in [5.41, 5.74) is 0.209. The van der Waals surface area contributed by atoms with E-state index in [0.717, 1.165) is 24.1 Å². The summed E-state index contributed by atoms with van der Waals surface area (Å²) in [4.78, 5) is 24.6. The third-order valence-electron chi connectivity index (χ3n) is 3.87. The van der Waals surface area contributed by atoms with E-state index in [1.54, 1.807) is 31.2 Å². The topological polar surface area (TPSA) is 86.1 Å². The molecule has 1 aromatic heterocycles. The summed E-state index contributed by atoms with van der Waals surface area (Å²) in [5.74, 6) is -0.262. The molecule has 22 heavy (non-hydrogen) atoms. The number of nitrogens with zero attached hydrogens (tertiary/aromatic N) is 3. The second-order valence-corrected chi connectivity index (χ2v) is 5.41. The van der Waals surface area contributed by atoms with Gasteiger partial charge in [0.2, 0.25) is 5.91 Å². The Hall–Kier alpha value is -2.28. The molecule has 1 N–H and O–H groups in total. The first-order chi connectivity index (χ1) is 10.7. The molecule has 7 heteroatoms. The van der Waals surface area contributed by atoms with Crippen LogP contribution in [0.3, 0.4) is 0 Å². The van der Waals surface area contributed by atoms with Gasteiger partial charge in [0.1, 0.15) is 11.6 Å². The van der Waals surface area contributed by atoms with Gasteiger partial charge in [-0.05, 0) is 31.9 Å². The Bertz CT molecular complexity index is 737. The maximum atomic E-state index is 12.4. The van der Waals surface area contributed by atoms with Gasteiger partial charge in [0.25, 0.3) is 5.56 Å². The maximum Gasteiger partial charge on any atom is 0.278 e. The fourth-order valence-corrected chi connectivity index (χ4v) is 2.53. The van der Waals surface area contributed by atoms with Crippen LogP contribution in [0.4, 0.5) is 0 Å². The SMILES string of the molecule is CC(C(=O)NCC1CCCO1)n1nnc2ccccc2c1=O. The summed E-state index contributed by atoms with van der Waals surface area (Å²) in [6.07, 6.45) is 2.03. The maximum absolute atomic E-state index is 12.4. The molecule has 0 saturated carbocycles. The molecule has 1 aliphatic heterocycles. The van der Waals surface area contributed by atoms with Crippen LogP contribution in [0, 0.1) is 0 Å². The second-order valence-electron chi connectivity index (χ2n) is 5.41. The summed E-state index contributed by atoms with van der Waals surface area (Å²) in [5, 5.41) is 11.1. The number of carbonyl (C=O) groups excluding carboxylic acids is 1. The van der Waals surface area contributed by atoms with Crippen molar-refractivity contribution in [1.29, 1.82) is 0 Å². The molecule has 0 aliphatic carbocycles. The molecule has 2 aromatic rings. The van der Waals surface area contributed by atoms with Gasteiger partial charge in [0, 0.05) is 13.2 Å². The van der Waals surface area contributed by atoms with Crippen molar-refractivity contribution in [3.8, 4) is 0 Å². The number of aromatic nitrogens is 3. The van der Waals surface area contributed by atoms with E-state index in [1.165, 1.54) is 0 Å². The van der Waals surface area contributed by atoms with Crippen molar-refractivity contribution in [3.63, 3.8) is 0 Å². The first-order valence-electron chi connectivity index (χ1n) is 7.40. The number of benzene rings is 1. The average molecular weight is 302 g/mol. The van der Waals surface area contributed by atoms with Gasteiger partial charge in [0.05, 0.1) is 11.5 Å². The molecule has 0 radical (unpaired) electrons. The summed E-state index contributed by atoms with van der Waals surface area (Å²) in [6, 6.07) is 6.23. The fourth-order valence-electron chi connectivity index (χ4n) is 2.53. The number of ether oxygens (including phenoxy) is 1. The molecule has 1 aromatic carbocycles. The predicted molar refractivity (Wildman–Crippen MR) is 80.5 cm³/mol. The van der Waals surface area contributed by atoms with E-state index in [-0.39, 0.29) is 17.6 Å². The lowest BCUT2D eigenvalue weighted by molar-refractivity contribution is -0.124. The lowest BCUT2D eigenvalue weighted by Gasteiger charge is -2.15. The van der Waals surface area contributed by atoms with Crippen LogP contribution in [0.25, 0.3) is 10.9 Å². The van der Waals surface area contributed by atoms with Gasteiger partial charge in [-0.15, -0.1) is 5.10 Å². The van der Waals surface area contributed by atoms with Crippen LogP contribution in [0.15, 0.2) is 29.1 Å².